The summed E-state index contributed by atoms with van der Waals surface area (Å²) in [6, 6.07) is 0.225. The number of nitrogen functional groups attached to an aromatic ring is 2. The van der Waals surface area contributed by atoms with Crippen LogP contribution in [0.1, 0.15) is 45.4 Å². The summed E-state index contributed by atoms with van der Waals surface area (Å²) in [7, 11) is 0. The van der Waals surface area contributed by atoms with Gasteiger partial charge in [0.15, 0.2) is 5.16 Å². The van der Waals surface area contributed by atoms with Crippen LogP contribution in [0.2, 0.25) is 0 Å². The zero-order chi connectivity index (χ0) is 17.6. The van der Waals surface area contributed by atoms with Gasteiger partial charge in [0.25, 0.3) is 0 Å². The Bertz CT molecular complexity index is 626. The van der Waals surface area contributed by atoms with Crippen molar-refractivity contribution < 1.29 is 4.79 Å². The van der Waals surface area contributed by atoms with E-state index >= 15 is 0 Å². The van der Waals surface area contributed by atoms with Crippen LogP contribution in [0.5, 0.6) is 0 Å². The third-order valence-corrected chi connectivity index (χ3v) is 7.21. The van der Waals surface area contributed by atoms with E-state index in [2.05, 4.69) is 27.2 Å². The molecule has 25 heavy (non-hydrogen) atoms. The van der Waals surface area contributed by atoms with Crippen LogP contribution in [0.15, 0.2) is 5.16 Å². The second-order valence-corrected chi connectivity index (χ2v) is 9.13. The van der Waals surface area contributed by atoms with Gasteiger partial charge in [0, 0.05) is 6.04 Å². The van der Waals surface area contributed by atoms with Crippen molar-refractivity contribution >= 4 is 29.6 Å². The minimum absolute atomic E-state index is 0.0193. The molecule has 136 valence electrons. The van der Waals surface area contributed by atoms with Crippen molar-refractivity contribution in [2.24, 2.45) is 23.2 Å². The van der Waals surface area contributed by atoms with E-state index in [1.165, 1.54) is 50.3 Å². The van der Waals surface area contributed by atoms with Gasteiger partial charge in [-0.2, -0.15) is 15.0 Å². The zero-order valence-electron chi connectivity index (χ0n) is 14.6. The molecule has 0 spiro atoms. The van der Waals surface area contributed by atoms with Gasteiger partial charge in [-0.15, -0.1) is 0 Å². The standard InChI is InChI=1S/C17H26N6OS/c1-9(17-5-10-2-11(6-17)4-12(3-10)7-17)20-13(24)8-25-16-22-14(18)21-15(19)23-16/h9-12H,2-8H2,1H3,(H,20,24)(H4,18,19,21,22,23)/t9-,10?,11?,12?,17?/m1/s1. The van der Waals surface area contributed by atoms with Crippen LogP contribution >= 0.6 is 11.8 Å². The van der Waals surface area contributed by atoms with Gasteiger partial charge < -0.3 is 16.8 Å². The van der Waals surface area contributed by atoms with E-state index in [0.29, 0.717) is 10.6 Å². The normalized spacial score (nSPS) is 34.0. The third kappa shape index (κ3) is 3.41. The van der Waals surface area contributed by atoms with Crippen molar-refractivity contribution in [1.29, 1.82) is 0 Å². The topological polar surface area (TPSA) is 120 Å². The van der Waals surface area contributed by atoms with E-state index in [1.54, 1.807) is 0 Å². The van der Waals surface area contributed by atoms with Crippen LogP contribution in [-0.4, -0.2) is 32.7 Å². The highest BCUT2D eigenvalue weighted by atomic mass is 32.2. The van der Waals surface area contributed by atoms with Crippen molar-refractivity contribution in [2.75, 3.05) is 17.2 Å². The average molecular weight is 363 g/mol. The van der Waals surface area contributed by atoms with E-state index in [4.69, 9.17) is 11.5 Å². The molecule has 1 aromatic rings. The Morgan fingerprint density at radius 3 is 2.16 bits per heavy atom. The first kappa shape index (κ1) is 16.9. The number of amides is 1. The first-order valence-electron chi connectivity index (χ1n) is 9.11. The molecule has 5 rings (SSSR count). The number of rotatable bonds is 5. The highest BCUT2D eigenvalue weighted by Crippen LogP contribution is 2.61. The highest BCUT2D eigenvalue weighted by molar-refractivity contribution is 7.99. The molecule has 7 nitrogen and oxygen atoms in total. The molecule has 4 bridgehead atoms. The van der Waals surface area contributed by atoms with Gasteiger partial charge in [0.2, 0.25) is 17.8 Å². The number of thioether (sulfide) groups is 1. The van der Waals surface area contributed by atoms with Gasteiger partial charge in [-0.1, -0.05) is 11.8 Å². The van der Waals surface area contributed by atoms with E-state index in [1.807, 2.05) is 0 Å². The van der Waals surface area contributed by atoms with Crippen molar-refractivity contribution in [3.05, 3.63) is 0 Å². The average Bonchev–Trinajstić information content (AvgIpc) is 2.50. The molecule has 1 amide bonds. The van der Waals surface area contributed by atoms with Crippen molar-refractivity contribution in [1.82, 2.24) is 20.3 Å². The first-order valence-corrected chi connectivity index (χ1v) is 10.1. The summed E-state index contributed by atoms with van der Waals surface area (Å²) in [4.78, 5) is 24.2. The Morgan fingerprint density at radius 2 is 1.64 bits per heavy atom. The molecule has 4 aliphatic carbocycles. The Kier molecular flexibility index (Phi) is 4.25. The van der Waals surface area contributed by atoms with Gasteiger partial charge in [0.05, 0.1) is 5.75 Å². The molecule has 5 N–H and O–H groups in total. The molecule has 0 radical (unpaired) electrons. The van der Waals surface area contributed by atoms with Crippen LogP contribution < -0.4 is 16.8 Å². The molecular formula is C17H26N6OS. The molecule has 1 atom stereocenters. The number of anilines is 2. The van der Waals surface area contributed by atoms with E-state index in [0.717, 1.165) is 17.8 Å². The zero-order valence-corrected chi connectivity index (χ0v) is 15.4. The summed E-state index contributed by atoms with van der Waals surface area (Å²) in [5.41, 5.74) is 11.4. The molecule has 0 aromatic carbocycles. The summed E-state index contributed by atoms with van der Waals surface area (Å²) in [5, 5.41) is 3.63. The predicted octanol–water partition coefficient (Wildman–Crippen LogP) is 1.85. The molecule has 0 saturated heterocycles. The minimum Gasteiger partial charge on any atom is -0.368 e. The molecule has 8 heteroatoms. The quantitative estimate of drug-likeness (QED) is 0.684. The highest BCUT2D eigenvalue weighted by Gasteiger charge is 2.53. The van der Waals surface area contributed by atoms with Gasteiger partial charge in [-0.3, -0.25) is 4.79 Å². The van der Waals surface area contributed by atoms with E-state index in [9.17, 15) is 4.79 Å². The Morgan fingerprint density at radius 1 is 1.12 bits per heavy atom. The van der Waals surface area contributed by atoms with Crippen LogP contribution in [0, 0.1) is 23.2 Å². The third-order valence-electron chi connectivity index (χ3n) is 6.36. The van der Waals surface area contributed by atoms with E-state index in [-0.39, 0.29) is 29.6 Å². The minimum atomic E-state index is 0.0193. The monoisotopic (exact) mass is 362 g/mol. The van der Waals surface area contributed by atoms with Gasteiger partial charge >= 0.3 is 0 Å². The molecule has 1 aromatic heterocycles. The number of carbonyl (C=O) groups excluding carboxylic acids is 1. The number of nitrogens with two attached hydrogens (primary N) is 2. The van der Waals surface area contributed by atoms with Crippen molar-refractivity contribution in [3.8, 4) is 0 Å². The van der Waals surface area contributed by atoms with Crippen LogP contribution in [0.4, 0.5) is 11.9 Å². The SMILES string of the molecule is C[C@@H](NC(=O)CSc1nc(N)nc(N)n1)C12CC3CC(CC(C3)C1)C2. The summed E-state index contributed by atoms with van der Waals surface area (Å²) >= 11 is 1.24. The summed E-state index contributed by atoms with van der Waals surface area (Å²) < 4.78 is 0. The number of carbonyl (C=O) groups is 1. The second kappa shape index (κ2) is 6.30. The number of hydrogen-bond acceptors (Lipinski definition) is 7. The van der Waals surface area contributed by atoms with Crippen LogP contribution in [0.3, 0.4) is 0 Å². The molecule has 4 saturated carbocycles. The van der Waals surface area contributed by atoms with Crippen LogP contribution in [-0.2, 0) is 4.79 Å². The lowest BCUT2D eigenvalue weighted by Crippen LogP contribution is -2.56. The molecular weight excluding hydrogens is 336 g/mol. The maximum atomic E-state index is 12.4. The maximum absolute atomic E-state index is 12.4. The van der Waals surface area contributed by atoms with Gasteiger partial charge in [0.1, 0.15) is 0 Å². The lowest BCUT2D eigenvalue weighted by molar-refractivity contribution is -0.123. The molecule has 0 unspecified atom stereocenters. The predicted molar refractivity (Wildman–Crippen MR) is 97.6 cm³/mol. The summed E-state index contributed by atoms with van der Waals surface area (Å²) in [6.07, 6.45) is 8.10. The van der Waals surface area contributed by atoms with E-state index < -0.39 is 0 Å². The fraction of sp³-hybridized carbons (Fsp3) is 0.765. The molecule has 1 heterocycles. The molecule has 4 aliphatic rings. The fourth-order valence-electron chi connectivity index (χ4n) is 5.73. The maximum Gasteiger partial charge on any atom is 0.230 e. The number of aromatic nitrogens is 3. The Balaban J connectivity index is 1.34. The fourth-order valence-corrected chi connectivity index (χ4v) is 6.39. The Hall–Kier alpha value is -1.57. The first-order chi connectivity index (χ1) is 11.9. The molecule has 0 aliphatic heterocycles. The largest absolute Gasteiger partial charge is 0.368 e. The second-order valence-electron chi connectivity index (χ2n) is 8.19. The number of hydrogen-bond donors (Lipinski definition) is 3. The molecule has 4 fully saturated rings. The van der Waals surface area contributed by atoms with Gasteiger partial charge in [-0.05, 0) is 68.6 Å². The number of nitrogens with one attached hydrogen (secondary N) is 1. The summed E-state index contributed by atoms with van der Waals surface area (Å²) in [5.74, 6) is 3.10. The van der Waals surface area contributed by atoms with Gasteiger partial charge in [-0.25, -0.2) is 0 Å². The van der Waals surface area contributed by atoms with Crippen molar-refractivity contribution in [2.45, 2.75) is 56.6 Å². The number of nitrogens with zero attached hydrogens (tertiary/aromatic N) is 3. The van der Waals surface area contributed by atoms with Crippen LogP contribution in [0.25, 0.3) is 0 Å². The lowest BCUT2D eigenvalue weighted by atomic mass is 9.48. The smallest absolute Gasteiger partial charge is 0.230 e. The lowest BCUT2D eigenvalue weighted by Gasteiger charge is -2.59. The summed E-state index contributed by atoms with van der Waals surface area (Å²) in [6.45, 7) is 2.19. The Labute approximate surface area is 152 Å². The van der Waals surface area contributed by atoms with Crippen molar-refractivity contribution in [3.63, 3.8) is 0 Å².